The minimum atomic E-state index is -0.00134. The van der Waals surface area contributed by atoms with E-state index in [-0.39, 0.29) is 11.9 Å². The lowest BCUT2D eigenvalue weighted by atomic mass is 9.98. The Labute approximate surface area is 152 Å². The number of methoxy groups -OCH3 is 1. The van der Waals surface area contributed by atoms with Gasteiger partial charge in [-0.2, -0.15) is 5.10 Å². The van der Waals surface area contributed by atoms with Gasteiger partial charge in [-0.25, -0.2) is 9.50 Å². The highest BCUT2D eigenvalue weighted by Crippen LogP contribution is 2.31. The van der Waals surface area contributed by atoms with Crippen molar-refractivity contribution in [2.24, 2.45) is 0 Å². The second-order valence-corrected chi connectivity index (χ2v) is 6.68. The molecule has 0 N–H and O–H groups in total. The molecule has 6 heteroatoms. The van der Waals surface area contributed by atoms with Crippen LogP contribution in [0.25, 0.3) is 5.65 Å². The molecule has 26 heavy (non-hydrogen) atoms. The van der Waals surface area contributed by atoms with Crippen molar-refractivity contribution < 1.29 is 9.53 Å². The number of fused-ring (bicyclic) bond motifs is 1. The van der Waals surface area contributed by atoms with Crippen LogP contribution in [0.5, 0.6) is 5.75 Å². The number of ether oxygens (including phenoxy) is 1. The maximum absolute atomic E-state index is 13.1. The summed E-state index contributed by atoms with van der Waals surface area (Å²) in [6.45, 7) is 2.70. The molecule has 1 amide bonds. The summed E-state index contributed by atoms with van der Waals surface area (Å²) in [6.07, 6.45) is 4.97. The Morgan fingerprint density at radius 3 is 2.77 bits per heavy atom. The second-order valence-electron chi connectivity index (χ2n) is 6.68. The first-order chi connectivity index (χ1) is 12.7. The van der Waals surface area contributed by atoms with Gasteiger partial charge in [0.2, 0.25) is 0 Å². The molecule has 0 aliphatic carbocycles. The molecular formula is C20H22N4O2. The van der Waals surface area contributed by atoms with Gasteiger partial charge < -0.3 is 9.64 Å². The van der Waals surface area contributed by atoms with Crippen LogP contribution in [0.15, 0.2) is 42.6 Å². The summed E-state index contributed by atoms with van der Waals surface area (Å²) in [5.41, 5.74) is 3.37. The number of hydrogen-bond donors (Lipinski definition) is 0. The van der Waals surface area contributed by atoms with E-state index in [0.29, 0.717) is 5.56 Å². The third kappa shape index (κ3) is 3.03. The number of aromatic nitrogens is 3. The molecule has 3 aromatic rings. The average Bonchev–Trinajstić information content (AvgIpc) is 3.06. The maximum Gasteiger partial charge on any atom is 0.254 e. The quantitative estimate of drug-likeness (QED) is 0.726. The van der Waals surface area contributed by atoms with Crippen LogP contribution in [0.3, 0.4) is 0 Å². The molecule has 0 saturated carbocycles. The lowest BCUT2D eigenvalue weighted by molar-refractivity contribution is 0.0606. The van der Waals surface area contributed by atoms with Crippen LogP contribution in [0.4, 0.5) is 0 Å². The predicted molar refractivity (Wildman–Crippen MR) is 98.3 cm³/mol. The molecule has 1 aromatic carbocycles. The predicted octanol–water partition coefficient (Wildman–Crippen LogP) is 3.41. The van der Waals surface area contributed by atoms with Crippen molar-refractivity contribution >= 4 is 11.6 Å². The Bertz CT molecular complexity index is 933. The van der Waals surface area contributed by atoms with Crippen LogP contribution in [-0.2, 0) is 0 Å². The van der Waals surface area contributed by atoms with Gasteiger partial charge in [0.05, 0.1) is 24.5 Å². The molecule has 0 bridgehead atoms. The van der Waals surface area contributed by atoms with E-state index in [0.717, 1.165) is 48.6 Å². The summed E-state index contributed by atoms with van der Waals surface area (Å²) >= 11 is 0. The summed E-state index contributed by atoms with van der Waals surface area (Å²) in [4.78, 5) is 19.8. The van der Waals surface area contributed by atoms with Crippen LogP contribution in [0.2, 0.25) is 0 Å². The second kappa shape index (κ2) is 6.78. The molecule has 1 unspecified atom stereocenters. The number of carbonyl (C=O) groups is 1. The van der Waals surface area contributed by atoms with Gasteiger partial charge in [0.25, 0.3) is 5.91 Å². The molecule has 6 nitrogen and oxygen atoms in total. The first-order valence-electron chi connectivity index (χ1n) is 8.93. The van der Waals surface area contributed by atoms with E-state index in [2.05, 4.69) is 5.10 Å². The summed E-state index contributed by atoms with van der Waals surface area (Å²) in [5.74, 6) is 0.795. The van der Waals surface area contributed by atoms with Crippen molar-refractivity contribution in [2.75, 3.05) is 13.7 Å². The highest BCUT2D eigenvalue weighted by molar-refractivity contribution is 5.94. The van der Waals surface area contributed by atoms with Crippen molar-refractivity contribution in [2.45, 2.75) is 32.2 Å². The Morgan fingerprint density at radius 2 is 2.00 bits per heavy atom. The van der Waals surface area contributed by atoms with Crippen LogP contribution >= 0.6 is 0 Å². The van der Waals surface area contributed by atoms with Gasteiger partial charge in [-0.05, 0) is 56.5 Å². The van der Waals surface area contributed by atoms with E-state index in [4.69, 9.17) is 9.72 Å². The van der Waals surface area contributed by atoms with Crippen molar-refractivity contribution in [3.8, 4) is 5.75 Å². The maximum atomic E-state index is 13.1. The van der Waals surface area contributed by atoms with Gasteiger partial charge >= 0.3 is 0 Å². The average molecular weight is 350 g/mol. The van der Waals surface area contributed by atoms with E-state index in [1.54, 1.807) is 11.6 Å². The first-order valence-corrected chi connectivity index (χ1v) is 8.93. The van der Waals surface area contributed by atoms with Crippen LogP contribution in [0.1, 0.15) is 47.1 Å². The van der Waals surface area contributed by atoms with E-state index in [1.807, 2.05) is 54.4 Å². The molecule has 1 fully saturated rings. The van der Waals surface area contributed by atoms with Crippen LogP contribution in [-0.4, -0.2) is 39.1 Å². The molecule has 0 spiro atoms. The topological polar surface area (TPSA) is 59.7 Å². The largest absolute Gasteiger partial charge is 0.497 e. The number of aryl methyl sites for hydroxylation is 1. The highest BCUT2D eigenvalue weighted by atomic mass is 16.5. The van der Waals surface area contributed by atoms with Gasteiger partial charge in [-0.3, -0.25) is 4.79 Å². The fourth-order valence-electron chi connectivity index (χ4n) is 3.58. The fourth-order valence-corrected chi connectivity index (χ4v) is 3.58. The molecule has 1 atom stereocenters. The number of likely N-dealkylation sites (tertiary alicyclic amines) is 1. The molecule has 0 radical (unpaired) electrons. The standard InChI is InChI=1S/C20H22N4O2/c1-14-13-19-21-17(10-12-24(19)22-14)18-5-3-4-11-23(18)20(25)15-6-8-16(26-2)9-7-15/h6-10,12-13,18H,3-5,11H2,1-2H3. The van der Waals surface area contributed by atoms with E-state index >= 15 is 0 Å². The smallest absolute Gasteiger partial charge is 0.254 e. The van der Waals surface area contributed by atoms with Gasteiger partial charge in [0.1, 0.15) is 5.75 Å². The monoisotopic (exact) mass is 350 g/mol. The van der Waals surface area contributed by atoms with Crippen LogP contribution < -0.4 is 4.74 Å². The lowest BCUT2D eigenvalue weighted by Gasteiger charge is -2.35. The highest BCUT2D eigenvalue weighted by Gasteiger charge is 2.29. The van der Waals surface area contributed by atoms with Gasteiger partial charge in [-0.15, -0.1) is 0 Å². The summed E-state index contributed by atoms with van der Waals surface area (Å²) < 4.78 is 6.96. The molecule has 134 valence electrons. The lowest BCUT2D eigenvalue weighted by Crippen LogP contribution is -2.38. The molecule has 3 heterocycles. The van der Waals surface area contributed by atoms with Gasteiger partial charge in [-0.1, -0.05) is 0 Å². The Morgan fingerprint density at radius 1 is 1.19 bits per heavy atom. The zero-order valence-electron chi connectivity index (χ0n) is 15.1. The van der Waals surface area contributed by atoms with Crippen molar-refractivity contribution in [1.29, 1.82) is 0 Å². The molecule has 2 aromatic heterocycles. The number of nitrogens with zero attached hydrogens (tertiary/aromatic N) is 4. The minimum Gasteiger partial charge on any atom is -0.497 e. The molecular weight excluding hydrogens is 328 g/mol. The zero-order chi connectivity index (χ0) is 18.1. The third-order valence-electron chi connectivity index (χ3n) is 4.91. The van der Waals surface area contributed by atoms with Crippen molar-refractivity contribution in [3.63, 3.8) is 0 Å². The molecule has 1 saturated heterocycles. The Balaban J connectivity index is 1.65. The normalized spacial score (nSPS) is 17.5. The summed E-state index contributed by atoms with van der Waals surface area (Å²) in [7, 11) is 1.62. The Hall–Kier alpha value is -2.89. The number of benzene rings is 1. The third-order valence-corrected chi connectivity index (χ3v) is 4.91. The summed E-state index contributed by atoms with van der Waals surface area (Å²) in [5, 5.41) is 4.38. The van der Waals surface area contributed by atoms with E-state index in [1.165, 1.54) is 0 Å². The van der Waals surface area contributed by atoms with Crippen molar-refractivity contribution in [3.05, 3.63) is 59.5 Å². The number of amides is 1. The first kappa shape index (κ1) is 16.6. The molecule has 4 rings (SSSR count). The SMILES string of the molecule is COc1ccc(C(=O)N2CCCCC2c2ccn3nc(C)cc3n2)cc1. The molecule has 1 aliphatic heterocycles. The zero-order valence-corrected chi connectivity index (χ0v) is 15.1. The van der Waals surface area contributed by atoms with E-state index < -0.39 is 0 Å². The van der Waals surface area contributed by atoms with Crippen LogP contribution in [0, 0.1) is 6.92 Å². The van der Waals surface area contributed by atoms with Gasteiger partial charge in [0, 0.05) is 24.4 Å². The fraction of sp³-hybridized carbons (Fsp3) is 0.350. The number of hydrogen-bond acceptors (Lipinski definition) is 4. The minimum absolute atomic E-state index is 0.00134. The number of rotatable bonds is 3. The van der Waals surface area contributed by atoms with Gasteiger partial charge in [0.15, 0.2) is 5.65 Å². The van der Waals surface area contributed by atoms with E-state index in [9.17, 15) is 4.79 Å². The van der Waals surface area contributed by atoms with Crippen molar-refractivity contribution in [1.82, 2.24) is 19.5 Å². The molecule has 1 aliphatic rings. The number of carbonyl (C=O) groups excluding carboxylic acids is 1. The summed E-state index contributed by atoms with van der Waals surface area (Å²) in [6, 6.07) is 11.2. The Kier molecular flexibility index (Phi) is 4.32. The number of piperidine rings is 1.